The second kappa shape index (κ2) is 6.40. The molecule has 1 atom stereocenters. The Kier molecular flexibility index (Phi) is 4.81. The number of rotatable bonds is 7. The largest absolute Gasteiger partial charge is 0.396 e. The quantitative estimate of drug-likeness (QED) is 0.803. The fourth-order valence-electron chi connectivity index (χ4n) is 2.40. The molecule has 1 aromatic carbocycles. The van der Waals surface area contributed by atoms with E-state index in [4.69, 9.17) is 0 Å². The molecule has 0 aliphatic heterocycles. The Bertz CT molecular complexity index is 449. The first-order chi connectivity index (χ1) is 9.58. The fourth-order valence-corrected chi connectivity index (χ4v) is 2.40. The van der Waals surface area contributed by atoms with Crippen LogP contribution in [0.4, 0.5) is 0 Å². The predicted molar refractivity (Wildman–Crippen MR) is 80.6 cm³/mol. The Labute approximate surface area is 121 Å². The normalized spacial score (nSPS) is 17.6. The third-order valence-corrected chi connectivity index (χ3v) is 4.40. The maximum absolute atomic E-state index is 11.9. The van der Waals surface area contributed by atoms with Crippen LogP contribution < -0.4 is 5.32 Å². The first-order valence-electron chi connectivity index (χ1n) is 7.55. The lowest BCUT2D eigenvalue weighted by Gasteiger charge is -2.15. The third-order valence-electron chi connectivity index (χ3n) is 4.40. The van der Waals surface area contributed by atoms with Crippen molar-refractivity contribution in [3.8, 4) is 0 Å². The van der Waals surface area contributed by atoms with Crippen LogP contribution in [0.25, 0.3) is 0 Å². The summed E-state index contributed by atoms with van der Waals surface area (Å²) in [6.45, 7) is 5.02. The van der Waals surface area contributed by atoms with Crippen LogP contribution in [-0.2, 0) is 11.2 Å². The van der Waals surface area contributed by atoms with E-state index in [2.05, 4.69) is 43.4 Å². The van der Waals surface area contributed by atoms with Crippen molar-refractivity contribution in [2.45, 2.75) is 45.4 Å². The van der Waals surface area contributed by atoms with Gasteiger partial charge >= 0.3 is 0 Å². The van der Waals surface area contributed by atoms with Crippen LogP contribution in [0.2, 0.25) is 0 Å². The summed E-state index contributed by atoms with van der Waals surface area (Å²) in [4.78, 5) is 11.9. The highest BCUT2D eigenvalue weighted by atomic mass is 16.3. The van der Waals surface area contributed by atoms with Crippen LogP contribution in [0, 0.1) is 5.41 Å². The molecule has 1 aliphatic carbocycles. The maximum Gasteiger partial charge on any atom is 0.220 e. The molecule has 1 aromatic rings. The van der Waals surface area contributed by atoms with Crippen molar-refractivity contribution in [1.29, 1.82) is 0 Å². The van der Waals surface area contributed by atoms with Gasteiger partial charge in [0.25, 0.3) is 0 Å². The summed E-state index contributed by atoms with van der Waals surface area (Å²) in [6.07, 6.45) is 3.60. The van der Waals surface area contributed by atoms with Crippen LogP contribution in [-0.4, -0.2) is 24.2 Å². The summed E-state index contributed by atoms with van der Waals surface area (Å²) >= 11 is 0. The van der Waals surface area contributed by atoms with Crippen LogP contribution >= 0.6 is 0 Å². The smallest absolute Gasteiger partial charge is 0.220 e. The van der Waals surface area contributed by atoms with Gasteiger partial charge in [-0.1, -0.05) is 38.1 Å². The molecule has 0 radical (unpaired) electrons. The molecular formula is C17H25NO2. The number of benzene rings is 1. The Morgan fingerprint density at radius 1 is 1.35 bits per heavy atom. The number of aryl methyl sites for hydroxylation is 1. The van der Waals surface area contributed by atoms with E-state index in [-0.39, 0.29) is 23.8 Å². The average Bonchev–Trinajstić information content (AvgIpc) is 3.26. The summed E-state index contributed by atoms with van der Waals surface area (Å²) in [7, 11) is 0. The monoisotopic (exact) mass is 275 g/mol. The molecule has 1 aliphatic rings. The average molecular weight is 275 g/mol. The lowest BCUT2D eigenvalue weighted by atomic mass is 9.96. The molecule has 0 spiro atoms. The molecular weight excluding hydrogens is 250 g/mol. The van der Waals surface area contributed by atoms with Gasteiger partial charge < -0.3 is 10.4 Å². The van der Waals surface area contributed by atoms with Crippen molar-refractivity contribution in [3.05, 3.63) is 35.4 Å². The van der Waals surface area contributed by atoms with Gasteiger partial charge in [0, 0.05) is 18.4 Å². The number of hydrogen-bond acceptors (Lipinski definition) is 2. The van der Waals surface area contributed by atoms with Crippen molar-refractivity contribution in [3.63, 3.8) is 0 Å². The second-order valence-electron chi connectivity index (χ2n) is 6.14. The number of hydrogen-bond donors (Lipinski definition) is 2. The number of amides is 1. The van der Waals surface area contributed by atoms with Gasteiger partial charge in [-0.15, -0.1) is 0 Å². The zero-order valence-electron chi connectivity index (χ0n) is 12.5. The summed E-state index contributed by atoms with van der Waals surface area (Å²) in [6, 6.07) is 8.50. The highest BCUT2D eigenvalue weighted by Gasteiger charge is 2.42. The van der Waals surface area contributed by atoms with Crippen molar-refractivity contribution in [2.75, 3.05) is 13.2 Å². The van der Waals surface area contributed by atoms with E-state index < -0.39 is 0 Å². The van der Waals surface area contributed by atoms with Gasteiger partial charge in [-0.25, -0.2) is 0 Å². The molecule has 2 N–H and O–H groups in total. The van der Waals surface area contributed by atoms with Crippen LogP contribution in [0.1, 0.15) is 50.2 Å². The Hall–Kier alpha value is -1.35. The molecule has 1 fully saturated rings. The van der Waals surface area contributed by atoms with E-state index in [0.717, 1.165) is 19.3 Å². The van der Waals surface area contributed by atoms with E-state index in [1.54, 1.807) is 0 Å². The molecule has 1 saturated carbocycles. The molecule has 0 heterocycles. The standard InChI is InChI=1S/C17H25NO2/c1-3-14-4-6-15(7-5-14)13(2)10-16(20)18-11-17(12-19)8-9-17/h4-7,13,19H,3,8-12H2,1-2H3,(H,18,20). The highest BCUT2D eigenvalue weighted by molar-refractivity contribution is 5.76. The number of carbonyl (C=O) groups excluding carboxylic acids is 1. The van der Waals surface area contributed by atoms with Gasteiger partial charge in [-0.3, -0.25) is 4.79 Å². The Morgan fingerprint density at radius 3 is 2.50 bits per heavy atom. The first-order valence-corrected chi connectivity index (χ1v) is 7.55. The molecule has 2 rings (SSSR count). The molecule has 0 bridgehead atoms. The molecule has 3 nitrogen and oxygen atoms in total. The van der Waals surface area contributed by atoms with Gasteiger partial charge in [-0.05, 0) is 36.3 Å². The minimum atomic E-state index is -0.0122. The first kappa shape index (κ1) is 15.0. The van der Waals surface area contributed by atoms with Crippen molar-refractivity contribution in [1.82, 2.24) is 5.32 Å². The zero-order valence-corrected chi connectivity index (χ0v) is 12.5. The molecule has 3 heteroatoms. The molecule has 1 amide bonds. The van der Waals surface area contributed by atoms with Crippen LogP contribution in [0.3, 0.4) is 0 Å². The number of nitrogens with one attached hydrogen (secondary N) is 1. The fraction of sp³-hybridized carbons (Fsp3) is 0.588. The summed E-state index contributed by atoms with van der Waals surface area (Å²) in [5.41, 5.74) is 2.52. The number of aliphatic hydroxyl groups excluding tert-OH is 1. The van der Waals surface area contributed by atoms with E-state index >= 15 is 0 Å². The van der Waals surface area contributed by atoms with Gasteiger partial charge in [0.05, 0.1) is 6.61 Å². The van der Waals surface area contributed by atoms with Crippen molar-refractivity contribution >= 4 is 5.91 Å². The molecule has 0 aromatic heterocycles. The van der Waals surface area contributed by atoms with E-state index in [1.807, 2.05) is 0 Å². The molecule has 0 saturated heterocycles. The van der Waals surface area contributed by atoms with Gasteiger partial charge in [0.2, 0.25) is 5.91 Å². The minimum absolute atomic E-state index is 0.0122. The second-order valence-corrected chi connectivity index (χ2v) is 6.14. The minimum Gasteiger partial charge on any atom is -0.396 e. The Morgan fingerprint density at radius 2 is 2.00 bits per heavy atom. The summed E-state index contributed by atoms with van der Waals surface area (Å²) in [5.74, 6) is 0.307. The van der Waals surface area contributed by atoms with Crippen molar-refractivity contribution < 1.29 is 9.90 Å². The lowest BCUT2D eigenvalue weighted by Crippen LogP contribution is -2.32. The summed E-state index contributed by atoms with van der Waals surface area (Å²) < 4.78 is 0. The third kappa shape index (κ3) is 3.83. The van der Waals surface area contributed by atoms with Crippen LogP contribution in [0.5, 0.6) is 0 Å². The SMILES string of the molecule is CCc1ccc(C(C)CC(=O)NCC2(CO)CC2)cc1. The van der Waals surface area contributed by atoms with Gasteiger partial charge in [0.15, 0.2) is 0 Å². The molecule has 20 heavy (non-hydrogen) atoms. The van der Waals surface area contributed by atoms with E-state index in [9.17, 15) is 9.90 Å². The van der Waals surface area contributed by atoms with E-state index in [1.165, 1.54) is 11.1 Å². The number of carbonyl (C=O) groups is 1. The zero-order chi connectivity index (χ0) is 14.6. The van der Waals surface area contributed by atoms with Crippen molar-refractivity contribution in [2.24, 2.45) is 5.41 Å². The van der Waals surface area contributed by atoms with Gasteiger partial charge in [-0.2, -0.15) is 0 Å². The predicted octanol–water partition coefficient (Wildman–Crippen LogP) is 2.63. The highest BCUT2D eigenvalue weighted by Crippen LogP contribution is 2.44. The molecule has 110 valence electrons. The molecule has 1 unspecified atom stereocenters. The Balaban J connectivity index is 1.80. The number of aliphatic hydroxyl groups is 1. The van der Waals surface area contributed by atoms with Gasteiger partial charge in [0.1, 0.15) is 0 Å². The summed E-state index contributed by atoms with van der Waals surface area (Å²) in [5, 5.41) is 12.2. The van der Waals surface area contributed by atoms with Crippen LogP contribution in [0.15, 0.2) is 24.3 Å². The maximum atomic E-state index is 11.9. The lowest BCUT2D eigenvalue weighted by molar-refractivity contribution is -0.121. The topological polar surface area (TPSA) is 49.3 Å². The van der Waals surface area contributed by atoms with E-state index in [0.29, 0.717) is 13.0 Å².